The molecule has 1 aliphatic heterocycles. The van der Waals surface area contributed by atoms with Gasteiger partial charge in [0.25, 0.3) is 11.8 Å². The summed E-state index contributed by atoms with van der Waals surface area (Å²) in [5.74, 6) is -0.948. The lowest BCUT2D eigenvalue weighted by Crippen LogP contribution is -2.23. The first kappa shape index (κ1) is 11.2. The molecule has 1 rings (SSSR count). The van der Waals surface area contributed by atoms with Crippen molar-refractivity contribution in [2.45, 2.75) is 12.8 Å². The van der Waals surface area contributed by atoms with Crippen LogP contribution < -0.4 is 10.6 Å². The van der Waals surface area contributed by atoms with Crippen LogP contribution in [0.5, 0.6) is 0 Å². The Balaban J connectivity index is 2.23. The molecule has 0 atom stereocenters. The summed E-state index contributed by atoms with van der Waals surface area (Å²) >= 11 is 0. The van der Waals surface area contributed by atoms with Gasteiger partial charge in [-0.2, -0.15) is 0 Å². The summed E-state index contributed by atoms with van der Waals surface area (Å²) in [6, 6.07) is 0. The Morgan fingerprint density at radius 2 is 2.27 bits per heavy atom. The van der Waals surface area contributed by atoms with Crippen LogP contribution in [-0.2, 0) is 14.4 Å². The molecule has 3 amide bonds. The highest BCUT2D eigenvalue weighted by Crippen LogP contribution is 2.08. The Bertz CT molecular complexity index is 345. The first-order chi connectivity index (χ1) is 7.13. The van der Waals surface area contributed by atoms with Crippen LogP contribution >= 0.6 is 0 Å². The Labute approximate surface area is 87.2 Å². The number of rotatable bonds is 5. The summed E-state index contributed by atoms with van der Waals surface area (Å²) in [6.45, 7) is 3.77. The molecular weight excluding hydrogens is 196 g/mol. The lowest BCUT2D eigenvalue weighted by Gasteiger charge is -2.01. The Kier molecular flexibility index (Phi) is 3.79. The normalized spacial score (nSPS) is 14.5. The zero-order valence-corrected chi connectivity index (χ0v) is 8.21. The SMILES string of the molecule is C=CC(=O)NCCCC1=CC(=O)NC1=O. The van der Waals surface area contributed by atoms with Crippen molar-refractivity contribution in [2.24, 2.45) is 0 Å². The molecule has 0 saturated carbocycles. The van der Waals surface area contributed by atoms with Gasteiger partial charge in [-0.1, -0.05) is 6.58 Å². The van der Waals surface area contributed by atoms with Gasteiger partial charge < -0.3 is 5.32 Å². The predicted molar refractivity (Wildman–Crippen MR) is 53.7 cm³/mol. The van der Waals surface area contributed by atoms with E-state index in [-0.39, 0.29) is 17.7 Å². The third-order valence-electron chi connectivity index (χ3n) is 1.94. The highest BCUT2D eigenvalue weighted by molar-refractivity contribution is 6.16. The van der Waals surface area contributed by atoms with Gasteiger partial charge in [-0.25, -0.2) is 0 Å². The smallest absolute Gasteiger partial charge is 0.254 e. The van der Waals surface area contributed by atoms with Crippen molar-refractivity contribution >= 4 is 17.7 Å². The van der Waals surface area contributed by atoms with Crippen LogP contribution in [0.4, 0.5) is 0 Å². The molecule has 5 nitrogen and oxygen atoms in total. The quantitative estimate of drug-likeness (QED) is 0.368. The van der Waals surface area contributed by atoms with E-state index in [1.807, 2.05) is 0 Å². The molecule has 5 heteroatoms. The molecule has 0 fully saturated rings. The van der Waals surface area contributed by atoms with Gasteiger partial charge >= 0.3 is 0 Å². The maximum atomic E-state index is 11.1. The van der Waals surface area contributed by atoms with Crippen molar-refractivity contribution < 1.29 is 14.4 Å². The fourth-order valence-electron chi connectivity index (χ4n) is 1.20. The molecule has 0 aliphatic carbocycles. The largest absolute Gasteiger partial charge is 0.353 e. The first-order valence-corrected chi connectivity index (χ1v) is 4.59. The topological polar surface area (TPSA) is 75.3 Å². The second kappa shape index (κ2) is 5.09. The van der Waals surface area contributed by atoms with E-state index in [1.165, 1.54) is 12.2 Å². The lowest BCUT2D eigenvalue weighted by atomic mass is 10.1. The van der Waals surface area contributed by atoms with Gasteiger partial charge in [-0.05, 0) is 18.9 Å². The van der Waals surface area contributed by atoms with E-state index in [0.29, 0.717) is 25.0 Å². The fourth-order valence-corrected chi connectivity index (χ4v) is 1.20. The minimum absolute atomic E-state index is 0.240. The Morgan fingerprint density at radius 3 is 2.80 bits per heavy atom. The van der Waals surface area contributed by atoms with Crippen molar-refractivity contribution in [1.29, 1.82) is 0 Å². The van der Waals surface area contributed by atoms with E-state index in [1.54, 1.807) is 0 Å². The van der Waals surface area contributed by atoms with E-state index in [0.717, 1.165) is 0 Å². The average Bonchev–Trinajstić information content (AvgIpc) is 2.52. The van der Waals surface area contributed by atoms with Crippen LogP contribution in [-0.4, -0.2) is 24.3 Å². The summed E-state index contributed by atoms with van der Waals surface area (Å²) in [5.41, 5.74) is 0.466. The number of nitrogens with one attached hydrogen (secondary N) is 2. The molecule has 80 valence electrons. The summed E-state index contributed by atoms with van der Waals surface area (Å²) in [7, 11) is 0. The minimum atomic E-state index is -0.370. The number of carbonyl (C=O) groups is 3. The maximum Gasteiger partial charge on any atom is 0.254 e. The minimum Gasteiger partial charge on any atom is -0.353 e. The van der Waals surface area contributed by atoms with Crippen LogP contribution in [0.25, 0.3) is 0 Å². The zero-order chi connectivity index (χ0) is 11.3. The molecule has 0 radical (unpaired) electrons. The van der Waals surface area contributed by atoms with Crippen LogP contribution in [0.15, 0.2) is 24.3 Å². The van der Waals surface area contributed by atoms with Crippen molar-refractivity contribution in [3.63, 3.8) is 0 Å². The van der Waals surface area contributed by atoms with E-state index in [2.05, 4.69) is 17.2 Å². The van der Waals surface area contributed by atoms with Gasteiger partial charge in [0.05, 0.1) is 0 Å². The Morgan fingerprint density at radius 1 is 1.53 bits per heavy atom. The second-order valence-corrected chi connectivity index (χ2v) is 3.09. The highest BCUT2D eigenvalue weighted by Gasteiger charge is 2.19. The van der Waals surface area contributed by atoms with Gasteiger partial charge in [-0.15, -0.1) is 0 Å². The molecule has 0 saturated heterocycles. The lowest BCUT2D eigenvalue weighted by molar-refractivity contribution is -0.124. The first-order valence-electron chi connectivity index (χ1n) is 4.59. The summed E-state index contributed by atoms with van der Waals surface area (Å²) in [6.07, 6.45) is 3.57. The summed E-state index contributed by atoms with van der Waals surface area (Å²) in [5, 5.41) is 4.74. The number of hydrogen-bond acceptors (Lipinski definition) is 3. The molecule has 0 aromatic heterocycles. The standard InChI is InChI=1S/C10H12N2O3/c1-2-8(13)11-5-3-4-7-6-9(14)12-10(7)15/h2,6H,1,3-5H2,(H,11,13)(H,12,14,15). The molecule has 15 heavy (non-hydrogen) atoms. The van der Waals surface area contributed by atoms with E-state index < -0.39 is 0 Å². The molecule has 0 unspecified atom stereocenters. The third-order valence-corrected chi connectivity index (χ3v) is 1.94. The molecule has 1 aliphatic rings. The van der Waals surface area contributed by atoms with Gasteiger partial charge in [0.2, 0.25) is 5.91 Å². The van der Waals surface area contributed by atoms with Gasteiger partial charge in [0.1, 0.15) is 0 Å². The van der Waals surface area contributed by atoms with Gasteiger partial charge in [0.15, 0.2) is 0 Å². The van der Waals surface area contributed by atoms with Gasteiger partial charge in [0, 0.05) is 18.2 Å². The molecule has 0 aromatic carbocycles. The van der Waals surface area contributed by atoms with E-state index >= 15 is 0 Å². The van der Waals surface area contributed by atoms with Crippen LogP contribution in [0.1, 0.15) is 12.8 Å². The fraction of sp³-hybridized carbons (Fsp3) is 0.300. The molecule has 1 heterocycles. The number of imide groups is 1. The van der Waals surface area contributed by atoms with Crippen LogP contribution in [0.2, 0.25) is 0 Å². The monoisotopic (exact) mass is 208 g/mol. The number of amides is 3. The van der Waals surface area contributed by atoms with Crippen molar-refractivity contribution in [1.82, 2.24) is 10.6 Å². The molecular formula is C10H12N2O3. The average molecular weight is 208 g/mol. The van der Waals surface area contributed by atoms with Crippen molar-refractivity contribution in [3.8, 4) is 0 Å². The molecule has 2 N–H and O–H groups in total. The number of hydrogen-bond donors (Lipinski definition) is 2. The number of carbonyl (C=O) groups excluding carboxylic acids is 3. The van der Waals surface area contributed by atoms with Crippen molar-refractivity contribution in [2.75, 3.05) is 6.54 Å². The highest BCUT2D eigenvalue weighted by atomic mass is 16.2. The van der Waals surface area contributed by atoms with E-state index in [9.17, 15) is 14.4 Å². The summed E-state index contributed by atoms with van der Waals surface area (Å²) < 4.78 is 0. The van der Waals surface area contributed by atoms with Crippen molar-refractivity contribution in [3.05, 3.63) is 24.3 Å². The predicted octanol–water partition coefficient (Wildman–Crippen LogP) is -0.348. The second-order valence-electron chi connectivity index (χ2n) is 3.09. The molecule has 0 spiro atoms. The maximum absolute atomic E-state index is 11.1. The van der Waals surface area contributed by atoms with Crippen LogP contribution in [0.3, 0.4) is 0 Å². The van der Waals surface area contributed by atoms with Crippen LogP contribution in [0, 0.1) is 0 Å². The Hall–Kier alpha value is -1.91. The van der Waals surface area contributed by atoms with E-state index in [4.69, 9.17) is 0 Å². The molecule has 0 bridgehead atoms. The van der Waals surface area contributed by atoms with Gasteiger partial charge in [-0.3, -0.25) is 19.7 Å². The molecule has 0 aromatic rings. The zero-order valence-electron chi connectivity index (χ0n) is 8.21. The summed E-state index contributed by atoms with van der Waals surface area (Å²) in [4.78, 5) is 32.6. The third kappa shape index (κ3) is 3.38.